The maximum absolute atomic E-state index is 12.4. The summed E-state index contributed by atoms with van der Waals surface area (Å²) in [6, 6.07) is 3.89. The van der Waals surface area contributed by atoms with Crippen molar-refractivity contribution in [2.75, 3.05) is 26.2 Å². The number of amides is 1. The van der Waals surface area contributed by atoms with Gasteiger partial charge >= 0.3 is 0 Å². The molecule has 9 heteroatoms. The molecule has 1 amide bonds. The maximum Gasteiger partial charge on any atom is 0.272 e. The molecular weight excluding hydrogens is 442 g/mol. The van der Waals surface area contributed by atoms with Gasteiger partial charge in [0.2, 0.25) is 17.7 Å². The monoisotopic (exact) mass is 476 g/mol. The quantitative estimate of drug-likeness (QED) is 0.594. The first-order valence-corrected chi connectivity index (χ1v) is 12.3. The molecule has 2 aromatic rings. The van der Waals surface area contributed by atoms with Gasteiger partial charge in [0.15, 0.2) is 6.61 Å². The van der Waals surface area contributed by atoms with E-state index in [2.05, 4.69) is 20.2 Å². The number of carbonyl (C=O) groups excluding carboxylic acids is 1. The smallest absolute Gasteiger partial charge is 0.272 e. The van der Waals surface area contributed by atoms with Gasteiger partial charge in [-0.2, -0.15) is 0 Å². The fourth-order valence-electron chi connectivity index (χ4n) is 4.92. The third-order valence-electron chi connectivity index (χ3n) is 6.81. The summed E-state index contributed by atoms with van der Waals surface area (Å²) in [7, 11) is 0. The summed E-state index contributed by atoms with van der Waals surface area (Å²) in [5, 5.41) is 3.13. The molecule has 3 heterocycles. The average Bonchev–Trinajstić information content (AvgIpc) is 3.11. The molecule has 186 valence electrons. The second kappa shape index (κ2) is 11.7. The lowest BCUT2D eigenvalue weighted by Crippen LogP contribution is -2.39. The normalized spacial score (nSPS) is 21.2. The van der Waals surface area contributed by atoms with Crippen LogP contribution in [0.4, 0.5) is 8.78 Å². The molecule has 0 saturated heterocycles. The number of aryl methyl sites for hydroxylation is 1. The van der Waals surface area contributed by atoms with Gasteiger partial charge in [0.05, 0.1) is 6.20 Å². The minimum Gasteiger partial charge on any atom is -0.472 e. The zero-order valence-corrected chi connectivity index (χ0v) is 19.8. The number of fused-ring (bicyclic) bond motifs is 1. The first-order valence-electron chi connectivity index (χ1n) is 12.3. The number of rotatable bonds is 9. The minimum atomic E-state index is -2.49. The Morgan fingerprint density at radius 1 is 1.24 bits per heavy atom. The predicted octanol–water partition coefficient (Wildman–Crippen LogP) is 3.73. The van der Waals surface area contributed by atoms with Gasteiger partial charge in [-0.15, -0.1) is 0 Å². The Labute approximate surface area is 199 Å². The van der Waals surface area contributed by atoms with Crippen LogP contribution in [0.2, 0.25) is 0 Å². The van der Waals surface area contributed by atoms with E-state index in [1.807, 2.05) is 13.0 Å². The van der Waals surface area contributed by atoms with Crippen LogP contribution in [0.3, 0.4) is 0 Å². The van der Waals surface area contributed by atoms with E-state index >= 15 is 0 Å². The van der Waals surface area contributed by atoms with Gasteiger partial charge in [-0.1, -0.05) is 6.07 Å². The van der Waals surface area contributed by atoms with E-state index in [1.165, 1.54) is 5.56 Å². The highest BCUT2D eigenvalue weighted by Gasteiger charge is 2.24. The number of carbonyl (C=O) groups is 1. The van der Waals surface area contributed by atoms with Crippen LogP contribution in [-0.2, 0) is 24.1 Å². The topological polar surface area (TPSA) is 80.5 Å². The molecular formula is C25H34F2N4O3. The molecule has 7 nitrogen and oxygen atoms in total. The number of ether oxygens (including phenoxy) is 1. The lowest BCUT2D eigenvalue weighted by atomic mass is 9.84. The Hall–Kier alpha value is -2.55. The van der Waals surface area contributed by atoms with Crippen LogP contribution in [0.25, 0.3) is 0 Å². The van der Waals surface area contributed by atoms with Gasteiger partial charge in [0.1, 0.15) is 12.2 Å². The second-order valence-electron chi connectivity index (χ2n) is 9.41. The third-order valence-corrected chi connectivity index (χ3v) is 6.81. The Balaban J connectivity index is 1.15. The first-order chi connectivity index (χ1) is 16.4. The van der Waals surface area contributed by atoms with Crippen LogP contribution >= 0.6 is 0 Å². The van der Waals surface area contributed by atoms with E-state index < -0.39 is 13.0 Å². The summed E-state index contributed by atoms with van der Waals surface area (Å²) in [4.78, 5) is 23.3. The maximum atomic E-state index is 12.4. The van der Waals surface area contributed by atoms with Gasteiger partial charge in [0, 0.05) is 37.3 Å². The van der Waals surface area contributed by atoms with Crippen molar-refractivity contribution >= 4 is 5.91 Å². The Morgan fingerprint density at radius 2 is 2.03 bits per heavy atom. The fourth-order valence-corrected chi connectivity index (χ4v) is 4.92. The lowest BCUT2D eigenvalue weighted by molar-refractivity contribution is -0.121. The molecule has 4 rings (SSSR count). The second-order valence-corrected chi connectivity index (χ2v) is 9.41. The van der Waals surface area contributed by atoms with Crippen molar-refractivity contribution in [3.05, 3.63) is 41.2 Å². The zero-order chi connectivity index (χ0) is 23.9. The van der Waals surface area contributed by atoms with Crippen LogP contribution in [0.15, 0.2) is 22.7 Å². The molecule has 0 atom stereocenters. The third kappa shape index (κ3) is 7.22. The van der Waals surface area contributed by atoms with Crippen LogP contribution < -0.4 is 10.1 Å². The van der Waals surface area contributed by atoms with Crippen molar-refractivity contribution in [3.63, 3.8) is 0 Å². The Bertz CT molecular complexity index is 944. The molecule has 0 spiro atoms. The van der Waals surface area contributed by atoms with E-state index in [-0.39, 0.29) is 24.2 Å². The van der Waals surface area contributed by atoms with Crippen molar-refractivity contribution in [3.8, 4) is 5.88 Å². The summed E-state index contributed by atoms with van der Waals surface area (Å²) < 4.78 is 35.3. The molecule has 34 heavy (non-hydrogen) atoms. The van der Waals surface area contributed by atoms with Crippen molar-refractivity contribution in [2.24, 2.45) is 5.92 Å². The van der Waals surface area contributed by atoms with Gasteiger partial charge in [-0.25, -0.2) is 18.7 Å². The molecule has 1 aliphatic heterocycles. The molecule has 0 bridgehead atoms. The fraction of sp³-hybridized carbons (Fsp3) is 0.640. The zero-order valence-electron chi connectivity index (χ0n) is 19.8. The Morgan fingerprint density at radius 3 is 2.76 bits per heavy atom. The van der Waals surface area contributed by atoms with Gasteiger partial charge in [0.25, 0.3) is 6.43 Å². The van der Waals surface area contributed by atoms with Crippen molar-refractivity contribution in [1.29, 1.82) is 0 Å². The molecule has 2 aromatic heterocycles. The summed E-state index contributed by atoms with van der Waals surface area (Å²) in [6.45, 7) is 4.15. The molecule has 1 fully saturated rings. The summed E-state index contributed by atoms with van der Waals surface area (Å²) in [6.07, 6.45) is 6.50. The van der Waals surface area contributed by atoms with E-state index in [0.29, 0.717) is 11.8 Å². The van der Waals surface area contributed by atoms with E-state index in [4.69, 9.17) is 9.15 Å². The molecule has 0 radical (unpaired) electrons. The van der Waals surface area contributed by atoms with Crippen molar-refractivity contribution < 1.29 is 22.7 Å². The van der Waals surface area contributed by atoms with E-state index in [1.54, 1.807) is 12.3 Å². The van der Waals surface area contributed by atoms with Crippen molar-refractivity contribution in [2.45, 2.75) is 70.8 Å². The van der Waals surface area contributed by atoms with Crippen LogP contribution in [0, 0.1) is 12.8 Å². The van der Waals surface area contributed by atoms with Crippen molar-refractivity contribution in [1.82, 2.24) is 20.2 Å². The highest BCUT2D eigenvalue weighted by molar-refractivity contribution is 5.77. The summed E-state index contributed by atoms with van der Waals surface area (Å²) in [5.74, 6) is 2.13. The predicted molar refractivity (Wildman–Crippen MR) is 123 cm³/mol. The van der Waals surface area contributed by atoms with E-state index in [0.717, 1.165) is 76.0 Å². The minimum absolute atomic E-state index is 0.0224. The molecule has 1 saturated carbocycles. The number of alkyl halides is 2. The number of hydrogen-bond donors (Lipinski definition) is 1. The standard InChI is InChI=1S/C25H34F2N4O3/c1-17-15-28-25(34-17)14-23(32)29-20-5-2-18(3-6-20)8-11-31-12-9-19-4-7-24(33-16-22(26)27)30-21(19)10-13-31/h4,7,15,18,20,22H,2-3,5-6,8-14,16H2,1H3,(H,29,32). The largest absolute Gasteiger partial charge is 0.472 e. The number of nitrogens with zero attached hydrogens (tertiary/aromatic N) is 3. The highest BCUT2D eigenvalue weighted by Crippen LogP contribution is 2.28. The Kier molecular flexibility index (Phi) is 8.48. The van der Waals surface area contributed by atoms with Gasteiger partial charge in [-0.3, -0.25) is 4.79 Å². The average molecular weight is 477 g/mol. The number of oxazole rings is 1. The van der Waals surface area contributed by atoms with Crippen LogP contribution in [-0.4, -0.2) is 59.5 Å². The van der Waals surface area contributed by atoms with E-state index in [9.17, 15) is 13.6 Å². The van der Waals surface area contributed by atoms with Crippen LogP contribution in [0.5, 0.6) is 5.88 Å². The molecule has 1 N–H and O–H groups in total. The summed E-state index contributed by atoms with van der Waals surface area (Å²) in [5.41, 5.74) is 2.15. The van der Waals surface area contributed by atoms with Crippen LogP contribution in [0.1, 0.15) is 55.0 Å². The SMILES string of the molecule is Cc1cnc(CC(=O)NC2CCC(CCN3CCc4ccc(OCC(F)F)nc4CC3)CC2)o1. The molecule has 1 aliphatic carbocycles. The number of aromatic nitrogens is 2. The lowest BCUT2D eigenvalue weighted by Gasteiger charge is -2.30. The highest BCUT2D eigenvalue weighted by atomic mass is 19.3. The van der Waals surface area contributed by atoms with Gasteiger partial charge < -0.3 is 19.4 Å². The molecule has 0 unspecified atom stereocenters. The number of pyridine rings is 1. The number of halogens is 2. The molecule has 0 aromatic carbocycles. The number of nitrogens with one attached hydrogen (secondary N) is 1. The number of hydrogen-bond acceptors (Lipinski definition) is 6. The summed E-state index contributed by atoms with van der Waals surface area (Å²) >= 11 is 0. The molecule has 2 aliphatic rings. The van der Waals surface area contributed by atoms with Gasteiger partial charge in [-0.05, 0) is 63.5 Å². The first kappa shape index (κ1) is 24.6.